The number of aromatic nitrogens is 2. The van der Waals surface area contributed by atoms with Crippen LogP contribution in [0.4, 0.5) is 17.2 Å². The first-order chi connectivity index (χ1) is 16.5. The molecule has 2 fully saturated rings. The van der Waals surface area contributed by atoms with E-state index in [4.69, 9.17) is 10.7 Å². The number of aliphatic hydroxyl groups is 1. The summed E-state index contributed by atoms with van der Waals surface area (Å²) in [5, 5.41) is 16.4. The average Bonchev–Trinajstić information content (AvgIpc) is 2.86. The average molecular weight is 467 g/mol. The van der Waals surface area contributed by atoms with Gasteiger partial charge in [-0.2, -0.15) is 0 Å². The lowest BCUT2D eigenvalue weighted by Gasteiger charge is -2.29. The third kappa shape index (κ3) is 6.24. The van der Waals surface area contributed by atoms with Gasteiger partial charge in [-0.3, -0.25) is 4.79 Å². The second-order valence-electron chi connectivity index (χ2n) is 9.51. The van der Waals surface area contributed by atoms with Gasteiger partial charge in [0.05, 0.1) is 17.5 Å². The van der Waals surface area contributed by atoms with Crippen molar-refractivity contribution in [2.45, 2.75) is 64.4 Å². The van der Waals surface area contributed by atoms with Gasteiger partial charge in [0.15, 0.2) is 11.5 Å². The molecule has 2 heterocycles. The van der Waals surface area contributed by atoms with E-state index in [1.54, 1.807) is 0 Å². The van der Waals surface area contributed by atoms with Crippen molar-refractivity contribution in [3.63, 3.8) is 0 Å². The highest BCUT2D eigenvalue weighted by atomic mass is 16.3. The summed E-state index contributed by atoms with van der Waals surface area (Å²) >= 11 is 0. The number of benzene rings is 1. The van der Waals surface area contributed by atoms with Gasteiger partial charge in [0.25, 0.3) is 5.91 Å². The SMILES string of the molecule is CCc1nc(C(N)=O)c(Nc2ccc(N3CCNCC3)cc2)nc1CCC[C@H]1CC[C@H](O)CC1. The number of hydrogen-bond donors (Lipinski definition) is 4. The summed E-state index contributed by atoms with van der Waals surface area (Å²) in [6.45, 7) is 6.00. The van der Waals surface area contributed by atoms with Crippen molar-refractivity contribution in [3.05, 3.63) is 41.3 Å². The van der Waals surface area contributed by atoms with Gasteiger partial charge in [0.1, 0.15) is 0 Å². The molecule has 8 nitrogen and oxygen atoms in total. The number of nitrogens with one attached hydrogen (secondary N) is 2. The van der Waals surface area contributed by atoms with E-state index in [0.29, 0.717) is 18.2 Å². The Balaban J connectivity index is 1.46. The monoisotopic (exact) mass is 466 g/mol. The Labute approximate surface area is 202 Å². The number of carbonyl (C=O) groups is 1. The molecule has 4 rings (SSSR count). The lowest BCUT2D eigenvalue weighted by atomic mass is 9.84. The molecule has 2 aliphatic rings. The van der Waals surface area contributed by atoms with Crippen molar-refractivity contribution < 1.29 is 9.90 Å². The Hall–Kier alpha value is -2.71. The molecular formula is C26H38N6O2. The molecule has 0 spiro atoms. The lowest BCUT2D eigenvalue weighted by molar-refractivity contribution is 0.0995. The van der Waals surface area contributed by atoms with E-state index in [9.17, 15) is 9.90 Å². The summed E-state index contributed by atoms with van der Waals surface area (Å²) in [7, 11) is 0. The number of nitrogens with two attached hydrogens (primary N) is 1. The van der Waals surface area contributed by atoms with Gasteiger partial charge in [0, 0.05) is 37.6 Å². The van der Waals surface area contributed by atoms with Crippen LogP contribution in [0, 0.1) is 5.92 Å². The van der Waals surface area contributed by atoms with Crippen LogP contribution in [0.5, 0.6) is 0 Å². The topological polar surface area (TPSA) is 116 Å². The molecule has 184 valence electrons. The molecule has 2 aromatic rings. The zero-order valence-corrected chi connectivity index (χ0v) is 20.2. The van der Waals surface area contributed by atoms with Crippen molar-refractivity contribution in [2.24, 2.45) is 11.7 Å². The molecule has 0 bridgehead atoms. The number of piperazine rings is 1. The number of aryl methyl sites for hydroxylation is 2. The molecule has 0 radical (unpaired) electrons. The van der Waals surface area contributed by atoms with Crippen LogP contribution in [0.1, 0.15) is 67.3 Å². The Morgan fingerprint density at radius 3 is 2.47 bits per heavy atom. The predicted octanol–water partition coefficient (Wildman–Crippen LogP) is 3.16. The molecule has 1 aromatic heterocycles. The fourth-order valence-corrected chi connectivity index (χ4v) is 5.05. The number of rotatable bonds is 9. The molecule has 1 saturated carbocycles. The molecule has 1 amide bonds. The summed E-state index contributed by atoms with van der Waals surface area (Å²) in [5.74, 6) is 0.531. The minimum Gasteiger partial charge on any atom is -0.393 e. The molecular weight excluding hydrogens is 428 g/mol. The Morgan fingerprint density at radius 1 is 1.12 bits per heavy atom. The number of amides is 1. The van der Waals surface area contributed by atoms with E-state index >= 15 is 0 Å². The van der Waals surface area contributed by atoms with E-state index in [1.807, 2.05) is 19.1 Å². The van der Waals surface area contributed by atoms with Crippen molar-refractivity contribution in [3.8, 4) is 0 Å². The van der Waals surface area contributed by atoms with Crippen molar-refractivity contribution in [2.75, 3.05) is 36.4 Å². The smallest absolute Gasteiger partial charge is 0.271 e. The van der Waals surface area contributed by atoms with Crippen LogP contribution in [0.2, 0.25) is 0 Å². The Kier molecular flexibility index (Phi) is 8.34. The van der Waals surface area contributed by atoms with Crippen LogP contribution in [0.25, 0.3) is 0 Å². The highest BCUT2D eigenvalue weighted by Crippen LogP contribution is 2.29. The number of carbonyl (C=O) groups excluding carboxylic acids is 1. The minimum absolute atomic E-state index is 0.116. The first-order valence-corrected chi connectivity index (χ1v) is 12.7. The molecule has 0 atom stereocenters. The van der Waals surface area contributed by atoms with Crippen LogP contribution in [0.3, 0.4) is 0 Å². The third-order valence-corrected chi connectivity index (χ3v) is 7.07. The zero-order valence-electron chi connectivity index (χ0n) is 20.2. The maximum Gasteiger partial charge on any atom is 0.271 e. The number of primary amides is 1. The third-order valence-electron chi connectivity index (χ3n) is 7.07. The normalized spacial score (nSPS) is 20.8. The number of nitrogens with zero attached hydrogens (tertiary/aromatic N) is 3. The summed E-state index contributed by atoms with van der Waals surface area (Å²) in [6.07, 6.45) is 7.61. The van der Waals surface area contributed by atoms with Crippen LogP contribution >= 0.6 is 0 Å². The first kappa shape index (κ1) is 24.4. The van der Waals surface area contributed by atoms with Gasteiger partial charge in [-0.1, -0.05) is 13.3 Å². The van der Waals surface area contributed by atoms with Gasteiger partial charge in [-0.05, 0) is 75.1 Å². The zero-order chi connectivity index (χ0) is 23.9. The maximum atomic E-state index is 12.1. The minimum atomic E-state index is -0.575. The van der Waals surface area contributed by atoms with Crippen molar-refractivity contribution in [1.29, 1.82) is 0 Å². The van der Waals surface area contributed by atoms with Gasteiger partial charge >= 0.3 is 0 Å². The Bertz CT molecular complexity index is 951. The van der Waals surface area contributed by atoms with E-state index in [1.165, 1.54) is 5.69 Å². The van der Waals surface area contributed by atoms with E-state index in [0.717, 1.165) is 88.2 Å². The van der Waals surface area contributed by atoms with Gasteiger partial charge in [0.2, 0.25) is 0 Å². The van der Waals surface area contributed by atoms with Gasteiger partial charge < -0.3 is 26.4 Å². The second kappa shape index (κ2) is 11.6. The molecule has 1 aliphatic heterocycles. The van der Waals surface area contributed by atoms with E-state index < -0.39 is 5.91 Å². The van der Waals surface area contributed by atoms with Crippen molar-refractivity contribution >= 4 is 23.1 Å². The van der Waals surface area contributed by atoms with Crippen LogP contribution in [-0.2, 0) is 12.8 Å². The second-order valence-corrected chi connectivity index (χ2v) is 9.51. The highest BCUT2D eigenvalue weighted by Gasteiger charge is 2.21. The number of aliphatic hydroxyl groups excluding tert-OH is 1. The fraction of sp³-hybridized carbons (Fsp3) is 0.577. The summed E-state index contributed by atoms with van der Waals surface area (Å²) < 4.78 is 0. The lowest BCUT2D eigenvalue weighted by Crippen LogP contribution is -2.43. The Morgan fingerprint density at radius 2 is 1.82 bits per heavy atom. The van der Waals surface area contributed by atoms with E-state index in [2.05, 4.69) is 32.7 Å². The maximum absolute atomic E-state index is 12.1. The molecule has 1 aromatic carbocycles. The predicted molar refractivity (Wildman–Crippen MR) is 136 cm³/mol. The molecule has 1 saturated heterocycles. The van der Waals surface area contributed by atoms with Crippen LogP contribution in [0.15, 0.2) is 24.3 Å². The van der Waals surface area contributed by atoms with Crippen LogP contribution < -0.4 is 21.3 Å². The fourth-order valence-electron chi connectivity index (χ4n) is 5.05. The standard InChI is InChI=1S/C26H38N6O2/c1-2-22-23(5-3-4-18-6-12-21(33)13-7-18)31-26(24(30-22)25(27)34)29-19-8-10-20(11-9-19)32-16-14-28-15-17-32/h8-11,18,21,28,33H,2-7,12-17H2,1H3,(H2,27,34)(H,29,31)/t18-,21-. The largest absolute Gasteiger partial charge is 0.393 e. The molecule has 0 unspecified atom stereocenters. The summed E-state index contributed by atoms with van der Waals surface area (Å²) in [5.41, 5.74) is 9.66. The molecule has 1 aliphatic carbocycles. The quantitative estimate of drug-likeness (QED) is 0.448. The van der Waals surface area contributed by atoms with Crippen molar-refractivity contribution in [1.82, 2.24) is 15.3 Å². The van der Waals surface area contributed by atoms with Gasteiger partial charge in [-0.25, -0.2) is 9.97 Å². The number of anilines is 3. The first-order valence-electron chi connectivity index (χ1n) is 12.7. The molecule has 8 heteroatoms. The number of hydrogen-bond acceptors (Lipinski definition) is 7. The van der Waals surface area contributed by atoms with Gasteiger partial charge in [-0.15, -0.1) is 0 Å². The summed E-state index contributed by atoms with van der Waals surface area (Å²) in [4.78, 5) is 23.9. The van der Waals surface area contributed by atoms with Crippen LogP contribution in [-0.4, -0.2) is 53.3 Å². The summed E-state index contributed by atoms with van der Waals surface area (Å²) in [6, 6.07) is 8.20. The highest BCUT2D eigenvalue weighted by molar-refractivity contribution is 5.96. The molecule has 34 heavy (non-hydrogen) atoms. The molecule has 5 N–H and O–H groups in total. The van der Waals surface area contributed by atoms with E-state index in [-0.39, 0.29) is 11.8 Å².